The molecule has 0 saturated heterocycles. The number of halogens is 1. The summed E-state index contributed by atoms with van der Waals surface area (Å²) < 4.78 is 0.941. The Balaban J connectivity index is 1.90. The summed E-state index contributed by atoms with van der Waals surface area (Å²) in [5.74, 6) is 0.710. The first-order valence-electron chi connectivity index (χ1n) is 7.65. The average molecular weight is 397 g/mol. The van der Waals surface area contributed by atoms with E-state index in [4.69, 9.17) is 16.7 Å². The molecule has 1 atom stereocenters. The van der Waals surface area contributed by atoms with Crippen molar-refractivity contribution in [1.82, 2.24) is 15.3 Å². The van der Waals surface area contributed by atoms with Crippen LogP contribution in [0.15, 0.2) is 17.5 Å². The summed E-state index contributed by atoms with van der Waals surface area (Å²) in [6.07, 6.45) is -0.423. The quantitative estimate of drug-likeness (QED) is 0.533. The molecule has 0 aromatic carbocycles. The van der Waals surface area contributed by atoms with Gasteiger partial charge in [-0.3, -0.25) is 0 Å². The van der Waals surface area contributed by atoms with E-state index in [0.29, 0.717) is 18.8 Å². The largest absolute Gasteiger partial charge is 0.465 e. The van der Waals surface area contributed by atoms with Gasteiger partial charge in [-0.25, -0.2) is 9.78 Å². The van der Waals surface area contributed by atoms with Crippen molar-refractivity contribution in [3.05, 3.63) is 38.1 Å². The Morgan fingerprint density at radius 2 is 2.24 bits per heavy atom. The van der Waals surface area contributed by atoms with Crippen LogP contribution in [0.4, 0.5) is 10.6 Å². The number of thiophene rings is 2. The molecule has 25 heavy (non-hydrogen) atoms. The SMILES string of the molecule is Cc1c(C[C@H](C)NC(=O)O)sc2c(NCc3cccs3)nc(Cl)nc12. The lowest BCUT2D eigenvalue weighted by Gasteiger charge is -2.10. The fourth-order valence-electron chi connectivity index (χ4n) is 2.54. The van der Waals surface area contributed by atoms with Gasteiger partial charge in [0.1, 0.15) is 5.82 Å². The van der Waals surface area contributed by atoms with Gasteiger partial charge in [0, 0.05) is 22.2 Å². The van der Waals surface area contributed by atoms with E-state index in [1.807, 2.05) is 25.3 Å². The number of anilines is 1. The lowest BCUT2D eigenvalue weighted by molar-refractivity contribution is 0.191. The standard InChI is InChI=1S/C16H17ClN4O2S2/c1-8(19-16(22)23)6-11-9(2)12-13(25-11)14(21-15(17)20-12)18-7-10-4-3-5-24-10/h3-5,8,19H,6-7H2,1-2H3,(H,22,23)(H,18,20,21)/t8-/m0/s1. The van der Waals surface area contributed by atoms with Crippen molar-refractivity contribution in [3.8, 4) is 0 Å². The Morgan fingerprint density at radius 3 is 2.92 bits per heavy atom. The van der Waals surface area contributed by atoms with E-state index in [1.165, 1.54) is 4.88 Å². The van der Waals surface area contributed by atoms with Crippen LogP contribution in [0, 0.1) is 6.92 Å². The lowest BCUT2D eigenvalue weighted by atomic mass is 10.1. The van der Waals surface area contributed by atoms with E-state index in [1.54, 1.807) is 22.7 Å². The topological polar surface area (TPSA) is 87.1 Å². The molecule has 0 aliphatic heterocycles. The minimum absolute atomic E-state index is 0.185. The van der Waals surface area contributed by atoms with Crippen LogP contribution in [0.2, 0.25) is 5.28 Å². The molecule has 0 aliphatic rings. The second kappa shape index (κ2) is 7.55. The van der Waals surface area contributed by atoms with Crippen molar-refractivity contribution in [2.75, 3.05) is 5.32 Å². The number of nitrogens with zero attached hydrogens (tertiary/aromatic N) is 2. The fraction of sp³-hybridized carbons (Fsp3) is 0.312. The molecule has 0 radical (unpaired) electrons. The van der Waals surface area contributed by atoms with Crippen LogP contribution in [-0.2, 0) is 13.0 Å². The molecule has 0 bridgehead atoms. The molecule has 3 N–H and O–H groups in total. The maximum atomic E-state index is 10.8. The summed E-state index contributed by atoms with van der Waals surface area (Å²) in [5, 5.41) is 16.9. The van der Waals surface area contributed by atoms with Crippen LogP contribution in [0.3, 0.4) is 0 Å². The third kappa shape index (κ3) is 4.20. The first-order chi connectivity index (χ1) is 11.9. The Morgan fingerprint density at radius 1 is 1.44 bits per heavy atom. The van der Waals surface area contributed by atoms with Crippen LogP contribution >= 0.6 is 34.3 Å². The Labute approximate surface area is 157 Å². The molecule has 0 aliphatic carbocycles. The maximum absolute atomic E-state index is 10.8. The van der Waals surface area contributed by atoms with Gasteiger partial charge in [-0.05, 0) is 42.5 Å². The number of hydrogen-bond donors (Lipinski definition) is 3. The van der Waals surface area contributed by atoms with E-state index in [0.717, 1.165) is 20.7 Å². The van der Waals surface area contributed by atoms with E-state index < -0.39 is 6.09 Å². The Hall–Kier alpha value is -1.90. The summed E-state index contributed by atoms with van der Waals surface area (Å²) in [6, 6.07) is 3.88. The third-order valence-corrected chi connectivity index (χ3v) is 6.06. The van der Waals surface area contributed by atoms with Gasteiger partial charge in [0.2, 0.25) is 5.28 Å². The van der Waals surface area contributed by atoms with E-state index in [2.05, 4.69) is 26.7 Å². The average Bonchev–Trinajstić information content (AvgIpc) is 3.14. The van der Waals surface area contributed by atoms with Crippen LogP contribution in [0.1, 0.15) is 22.2 Å². The predicted molar refractivity (Wildman–Crippen MR) is 103 cm³/mol. The lowest BCUT2D eigenvalue weighted by Crippen LogP contribution is -2.32. The minimum atomic E-state index is -1.02. The third-order valence-electron chi connectivity index (χ3n) is 3.71. The van der Waals surface area contributed by atoms with Gasteiger partial charge in [0.25, 0.3) is 0 Å². The molecule has 1 amide bonds. The van der Waals surface area contributed by atoms with Gasteiger partial charge in [-0.1, -0.05) is 6.07 Å². The summed E-state index contributed by atoms with van der Waals surface area (Å²) in [6.45, 7) is 4.49. The van der Waals surface area contributed by atoms with Gasteiger partial charge in [-0.2, -0.15) is 4.98 Å². The zero-order valence-corrected chi connectivity index (χ0v) is 16.1. The fourth-order valence-corrected chi connectivity index (χ4v) is 4.70. The minimum Gasteiger partial charge on any atom is -0.465 e. The predicted octanol–water partition coefficient (Wildman–Crippen LogP) is 4.53. The van der Waals surface area contributed by atoms with Crippen LogP contribution in [0.5, 0.6) is 0 Å². The molecule has 0 saturated carbocycles. The molecule has 0 unspecified atom stereocenters. The first kappa shape index (κ1) is 17.9. The number of rotatable bonds is 6. The number of aryl methyl sites for hydroxylation is 1. The Bertz CT molecular complexity index is 895. The van der Waals surface area contributed by atoms with E-state index in [9.17, 15) is 4.79 Å². The number of nitrogens with one attached hydrogen (secondary N) is 2. The van der Waals surface area contributed by atoms with E-state index >= 15 is 0 Å². The van der Waals surface area contributed by atoms with Crippen molar-refractivity contribution in [3.63, 3.8) is 0 Å². The van der Waals surface area contributed by atoms with Crippen molar-refractivity contribution in [2.45, 2.75) is 32.9 Å². The highest BCUT2D eigenvalue weighted by Crippen LogP contribution is 2.35. The zero-order chi connectivity index (χ0) is 18.0. The van der Waals surface area contributed by atoms with Crippen molar-refractivity contribution in [2.24, 2.45) is 0 Å². The molecule has 3 aromatic rings. The number of aromatic nitrogens is 2. The first-order valence-corrected chi connectivity index (χ1v) is 9.72. The number of hydrogen-bond acceptors (Lipinski definition) is 6. The Kier molecular flexibility index (Phi) is 5.41. The van der Waals surface area contributed by atoms with Crippen molar-refractivity contribution < 1.29 is 9.90 Å². The summed E-state index contributed by atoms with van der Waals surface area (Å²) in [4.78, 5) is 21.8. The van der Waals surface area contributed by atoms with Gasteiger partial charge in [-0.15, -0.1) is 22.7 Å². The van der Waals surface area contributed by atoms with Crippen molar-refractivity contribution >= 4 is 56.4 Å². The number of carbonyl (C=O) groups is 1. The summed E-state index contributed by atoms with van der Waals surface area (Å²) in [7, 11) is 0. The highest BCUT2D eigenvalue weighted by molar-refractivity contribution is 7.19. The van der Waals surface area contributed by atoms with Crippen molar-refractivity contribution in [1.29, 1.82) is 0 Å². The molecular formula is C16H17ClN4O2S2. The molecule has 6 nitrogen and oxygen atoms in total. The molecule has 0 spiro atoms. The zero-order valence-electron chi connectivity index (χ0n) is 13.7. The normalized spacial score (nSPS) is 12.3. The van der Waals surface area contributed by atoms with Crippen LogP contribution in [0.25, 0.3) is 10.2 Å². The van der Waals surface area contributed by atoms with Gasteiger partial charge in [0.05, 0.1) is 16.8 Å². The number of fused-ring (bicyclic) bond motifs is 1. The van der Waals surface area contributed by atoms with E-state index in [-0.39, 0.29) is 11.3 Å². The molecule has 3 heterocycles. The maximum Gasteiger partial charge on any atom is 0.404 e. The molecule has 132 valence electrons. The number of amides is 1. The second-order valence-corrected chi connectivity index (χ2v) is 8.13. The molecule has 3 aromatic heterocycles. The van der Waals surface area contributed by atoms with Crippen LogP contribution < -0.4 is 10.6 Å². The monoisotopic (exact) mass is 396 g/mol. The molecular weight excluding hydrogens is 380 g/mol. The summed E-state index contributed by atoms with van der Waals surface area (Å²) in [5.41, 5.74) is 1.83. The molecule has 9 heteroatoms. The highest BCUT2D eigenvalue weighted by Gasteiger charge is 2.18. The van der Waals surface area contributed by atoms with Gasteiger partial charge in [0.15, 0.2) is 0 Å². The summed E-state index contributed by atoms with van der Waals surface area (Å²) >= 11 is 9.35. The molecule has 3 rings (SSSR count). The molecule has 0 fully saturated rings. The highest BCUT2D eigenvalue weighted by atomic mass is 35.5. The smallest absolute Gasteiger partial charge is 0.404 e. The van der Waals surface area contributed by atoms with Crippen LogP contribution in [-0.4, -0.2) is 27.2 Å². The van der Waals surface area contributed by atoms with Gasteiger partial charge >= 0.3 is 6.09 Å². The second-order valence-electron chi connectivity index (χ2n) is 5.66. The number of carboxylic acid groups (broad SMARTS) is 1. The van der Waals surface area contributed by atoms with Gasteiger partial charge < -0.3 is 15.7 Å².